The summed E-state index contributed by atoms with van der Waals surface area (Å²) in [6.07, 6.45) is 62.7. The van der Waals surface area contributed by atoms with Crippen molar-refractivity contribution in [3.63, 3.8) is 0 Å². The predicted octanol–water partition coefficient (Wildman–Crippen LogP) is 25.6. The van der Waals surface area contributed by atoms with Crippen LogP contribution in [0.3, 0.4) is 0 Å². The maximum absolute atomic E-state index is 13.1. The van der Waals surface area contributed by atoms with Gasteiger partial charge in [0.2, 0.25) is 0 Å². The smallest absolute Gasteiger partial charge is 0.462 e. The molecule has 0 bridgehead atoms. The van der Waals surface area contributed by atoms with Gasteiger partial charge in [-0.05, 0) is 49.4 Å². The molecule has 0 fully saturated rings. The molecule has 0 rings (SSSR count). The average molecular weight is 1520 g/mol. The van der Waals surface area contributed by atoms with Crippen LogP contribution in [0.4, 0.5) is 0 Å². The third kappa shape index (κ3) is 75.5. The molecular weight excluding hydrogens is 1350 g/mol. The minimum absolute atomic E-state index is 0.105. The molecule has 19 heteroatoms. The molecule has 0 radical (unpaired) electrons. The molecule has 0 aromatic heterocycles. The molecule has 618 valence electrons. The van der Waals surface area contributed by atoms with Crippen LogP contribution in [0.1, 0.15) is 441 Å². The number of phosphoric acid groups is 2. The summed E-state index contributed by atoms with van der Waals surface area (Å²) in [5.41, 5.74) is 0. The van der Waals surface area contributed by atoms with Gasteiger partial charge in [-0.25, -0.2) is 9.13 Å². The highest BCUT2D eigenvalue weighted by molar-refractivity contribution is 7.47. The number of carbonyl (C=O) groups excluding carboxylic acids is 4. The highest BCUT2D eigenvalue weighted by Gasteiger charge is 2.30. The monoisotopic (exact) mass is 1520 g/mol. The lowest BCUT2D eigenvalue weighted by Crippen LogP contribution is -2.30. The minimum atomic E-state index is -4.96. The largest absolute Gasteiger partial charge is 0.472 e. The van der Waals surface area contributed by atoms with Crippen LogP contribution >= 0.6 is 15.6 Å². The van der Waals surface area contributed by atoms with E-state index >= 15 is 0 Å². The summed E-state index contributed by atoms with van der Waals surface area (Å²) in [5.74, 6) is 1.03. The summed E-state index contributed by atoms with van der Waals surface area (Å²) in [6, 6.07) is 0. The number of esters is 4. The first-order valence-electron chi connectivity index (χ1n) is 43.8. The van der Waals surface area contributed by atoms with Crippen LogP contribution in [-0.2, 0) is 65.4 Å². The minimum Gasteiger partial charge on any atom is -0.462 e. The molecule has 4 unspecified atom stereocenters. The lowest BCUT2D eigenvalue weighted by atomic mass is 9.99. The van der Waals surface area contributed by atoms with Gasteiger partial charge in [0.25, 0.3) is 0 Å². The molecule has 0 spiro atoms. The number of aliphatic hydroxyl groups excluding tert-OH is 1. The second-order valence-electron chi connectivity index (χ2n) is 32.0. The van der Waals surface area contributed by atoms with Crippen molar-refractivity contribution in [3.05, 3.63) is 0 Å². The SMILES string of the molecule is CCC(C)CCCCCCCCCCCCCCCCCCCCC(=O)O[C@H](COC(=O)CCCCCCCCC(C)CC)COP(=O)(O)OC[C@H](O)COP(=O)(O)OC[C@@H](COC(=O)CCCCCCCCCCCCCCCCCCCCC(C)C)OC(=O)CCCCCCCCCCC(C)C. The molecule has 17 nitrogen and oxygen atoms in total. The lowest BCUT2D eigenvalue weighted by Gasteiger charge is -2.21. The number of aliphatic hydroxyl groups is 1. The molecule has 0 aliphatic carbocycles. The Morgan fingerprint density at radius 1 is 0.269 bits per heavy atom. The van der Waals surface area contributed by atoms with Gasteiger partial charge in [0.15, 0.2) is 12.2 Å². The topological polar surface area (TPSA) is 237 Å². The van der Waals surface area contributed by atoms with E-state index in [-0.39, 0.29) is 25.7 Å². The van der Waals surface area contributed by atoms with Gasteiger partial charge < -0.3 is 33.8 Å². The van der Waals surface area contributed by atoms with Gasteiger partial charge in [-0.2, -0.15) is 0 Å². The number of unbranched alkanes of at least 4 members (excludes halogenated alkanes) is 46. The van der Waals surface area contributed by atoms with E-state index in [2.05, 4.69) is 55.4 Å². The third-order valence-electron chi connectivity index (χ3n) is 20.5. The summed E-state index contributed by atoms with van der Waals surface area (Å²) in [4.78, 5) is 73.1. The molecule has 0 aliphatic rings. The first kappa shape index (κ1) is 102. The highest BCUT2D eigenvalue weighted by Crippen LogP contribution is 2.45. The third-order valence-corrected chi connectivity index (χ3v) is 22.4. The van der Waals surface area contributed by atoms with Crippen LogP contribution < -0.4 is 0 Å². The standard InChI is InChI=1S/C85H166O17P2/c1-9-77(7)63-55-47-39-32-28-24-20-16-12-14-18-22-26-30-34-41-51-59-67-84(89)101-81(72-96-83(88)66-58-50-44-43-48-56-64-78(8)10-2)74-100-104(93,94)98-70-79(86)69-97-103(91,92)99-73-80(102-85(90)68-60-52-42-36-35-38-46-54-62-76(5)6)71-95-82(87)65-57-49-40-33-29-25-21-17-13-11-15-19-23-27-31-37-45-53-61-75(3)4/h75-81,86H,9-74H2,1-8H3,(H,91,92)(H,93,94)/t77?,78?,79-,80-,81-/m1/s1. The van der Waals surface area contributed by atoms with Gasteiger partial charge in [-0.3, -0.25) is 37.3 Å². The van der Waals surface area contributed by atoms with Gasteiger partial charge in [-0.15, -0.1) is 0 Å². The van der Waals surface area contributed by atoms with Crippen molar-refractivity contribution in [1.82, 2.24) is 0 Å². The molecule has 0 aromatic rings. The van der Waals surface area contributed by atoms with E-state index in [9.17, 15) is 43.2 Å². The second-order valence-corrected chi connectivity index (χ2v) is 34.9. The molecule has 0 heterocycles. The van der Waals surface area contributed by atoms with Crippen molar-refractivity contribution in [2.45, 2.75) is 459 Å². The van der Waals surface area contributed by atoms with Crippen LogP contribution in [0.15, 0.2) is 0 Å². The van der Waals surface area contributed by atoms with Crippen molar-refractivity contribution >= 4 is 39.5 Å². The number of rotatable bonds is 82. The van der Waals surface area contributed by atoms with Crippen LogP contribution in [0, 0.1) is 23.7 Å². The Morgan fingerprint density at radius 2 is 0.462 bits per heavy atom. The van der Waals surface area contributed by atoms with Crippen molar-refractivity contribution in [2.24, 2.45) is 23.7 Å². The molecule has 0 amide bonds. The predicted molar refractivity (Wildman–Crippen MR) is 428 cm³/mol. The highest BCUT2D eigenvalue weighted by atomic mass is 31.2. The van der Waals surface area contributed by atoms with Gasteiger partial charge in [0, 0.05) is 25.7 Å². The number of ether oxygens (including phenoxy) is 4. The first-order valence-corrected chi connectivity index (χ1v) is 46.8. The zero-order valence-electron chi connectivity index (χ0n) is 68.7. The fourth-order valence-corrected chi connectivity index (χ4v) is 14.7. The Bertz CT molecular complexity index is 2030. The Hall–Kier alpha value is -1.94. The second kappa shape index (κ2) is 73.8. The van der Waals surface area contributed by atoms with E-state index in [0.717, 1.165) is 114 Å². The number of carbonyl (C=O) groups is 4. The number of phosphoric ester groups is 2. The number of hydrogen-bond acceptors (Lipinski definition) is 15. The summed E-state index contributed by atoms with van der Waals surface area (Å²) in [5, 5.41) is 10.7. The summed E-state index contributed by atoms with van der Waals surface area (Å²) < 4.78 is 68.8. The van der Waals surface area contributed by atoms with E-state index in [0.29, 0.717) is 31.6 Å². The van der Waals surface area contributed by atoms with Crippen molar-refractivity contribution in [2.75, 3.05) is 39.6 Å². The fraction of sp³-hybridized carbons (Fsp3) is 0.953. The Labute approximate surface area is 638 Å². The van der Waals surface area contributed by atoms with E-state index in [4.69, 9.17) is 37.0 Å². The molecular formula is C85H166O17P2. The number of hydrogen-bond donors (Lipinski definition) is 3. The molecule has 7 atom stereocenters. The average Bonchev–Trinajstić information content (AvgIpc) is 0.949. The van der Waals surface area contributed by atoms with Crippen LogP contribution in [-0.4, -0.2) is 96.7 Å². The van der Waals surface area contributed by atoms with Crippen molar-refractivity contribution < 1.29 is 80.2 Å². The fourth-order valence-electron chi connectivity index (χ4n) is 13.1. The Morgan fingerprint density at radius 3 is 0.683 bits per heavy atom. The van der Waals surface area contributed by atoms with Gasteiger partial charge >= 0.3 is 39.5 Å². The summed E-state index contributed by atoms with van der Waals surface area (Å²) >= 11 is 0. The Balaban J connectivity index is 5.13. The summed E-state index contributed by atoms with van der Waals surface area (Å²) in [7, 11) is -9.92. The van der Waals surface area contributed by atoms with Gasteiger partial charge in [0.1, 0.15) is 19.3 Å². The quantitative estimate of drug-likeness (QED) is 0.0222. The molecule has 0 saturated heterocycles. The first-order chi connectivity index (χ1) is 50.2. The maximum Gasteiger partial charge on any atom is 0.472 e. The van der Waals surface area contributed by atoms with Crippen LogP contribution in [0.2, 0.25) is 0 Å². The zero-order chi connectivity index (χ0) is 76.7. The molecule has 0 saturated carbocycles. The normalized spacial score (nSPS) is 14.5. The van der Waals surface area contributed by atoms with E-state index in [1.807, 2.05) is 0 Å². The lowest BCUT2D eigenvalue weighted by molar-refractivity contribution is -0.161. The van der Waals surface area contributed by atoms with E-state index in [1.54, 1.807) is 0 Å². The maximum atomic E-state index is 13.1. The van der Waals surface area contributed by atoms with E-state index < -0.39 is 97.5 Å². The van der Waals surface area contributed by atoms with E-state index in [1.165, 1.54) is 238 Å². The zero-order valence-corrected chi connectivity index (χ0v) is 70.5. The molecule has 0 aromatic carbocycles. The van der Waals surface area contributed by atoms with Crippen LogP contribution in [0.25, 0.3) is 0 Å². The molecule has 3 N–H and O–H groups in total. The molecule has 0 aliphatic heterocycles. The van der Waals surface area contributed by atoms with Crippen LogP contribution in [0.5, 0.6) is 0 Å². The van der Waals surface area contributed by atoms with Crippen molar-refractivity contribution in [1.29, 1.82) is 0 Å². The Kier molecular flexibility index (Phi) is 72.5. The van der Waals surface area contributed by atoms with Gasteiger partial charge in [-0.1, -0.05) is 389 Å². The van der Waals surface area contributed by atoms with Crippen molar-refractivity contribution in [3.8, 4) is 0 Å². The van der Waals surface area contributed by atoms with Gasteiger partial charge in [0.05, 0.1) is 26.4 Å². The summed E-state index contributed by atoms with van der Waals surface area (Å²) in [6.45, 7) is 14.3. The molecule has 104 heavy (non-hydrogen) atoms.